The van der Waals surface area contributed by atoms with E-state index in [4.69, 9.17) is 0 Å². The van der Waals surface area contributed by atoms with Crippen molar-refractivity contribution in [3.8, 4) is 0 Å². The van der Waals surface area contributed by atoms with Gasteiger partial charge in [-0.05, 0) is 65.2 Å². The topological polar surface area (TPSA) is 29.1 Å². The van der Waals surface area contributed by atoms with Crippen molar-refractivity contribution in [2.45, 2.75) is 13.8 Å². The van der Waals surface area contributed by atoms with Crippen LogP contribution in [0.3, 0.4) is 0 Å². The Morgan fingerprint density at radius 2 is 1.75 bits per heavy atom. The number of aryl methyl sites for hydroxylation is 2. The first-order valence-electron chi connectivity index (χ1n) is 5.91. The molecule has 0 fully saturated rings. The Balaban J connectivity index is 2.27. The van der Waals surface area contributed by atoms with Crippen molar-refractivity contribution >= 4 is 27.5 Å². The van der Waals surface area contributed by atoms with Gasteiger partial charge in [0.15, 0.2) is 0 Å². The van der Waals surface area contributed by atoms with Crippen molar-refractivity contribution < 1.29 is 13.6 Å². The van der Waals surface area contributed by atoms with E-state index in [9.17, 15) is 13.6 Å². The molecule has 2 aromatic rings. The summed E-state index contributed by atoms with van der Waals surface area (Å²) in [4.78, 5) is 12.0. The van der Waals surface area contributed by atoms with Crippen LogP contribution in [0.15, 0.2) is 34.8 Å². The van der Waals surface area contributed by atoms with Gasteiger partial charge in [0.1, 0.15) is 11.6 Å². The molecule has 1 amide bonds. The summed E-state index contributed by atoms with van der Waals surface area (Å²) in [7, 11) is 0. The quantitative estimate of drug-likeness (QED) is 0.851. The number of halogens is 3. The highest BCUT2D eigenvalue weighted by atomic mass is 79.9. The predicted molar refractivity (Wildman–Crippen MR) is 77.9 cm³/mol. The average Bonchev–Trinajstić information content (AvgIpc) is 2.39. The first-order valence-corrected chi connectivity index (χ1v) is 6.71. The summed E-state index contributed by atoms with van der Waals surface area (Å²) < 4.78 is 27.2. The van der Waals surface area contributed by atoms with E-state index in [2.05, 4.69) is 21.2 Å². The van der Waals surface area contributed by atoms with E-state index in [0.717, 1.165) is 6.07 Å². The molecule has 0 atom stereocenters. The fourth-order valence-electron chi connectivity index (χ4n) is 1.71. The fourth-order valence-corrected chi connectivity index (χ4v) is 2.17. The number of benzene rings is 2. The third-order valence-corrected chi connectivity index (χ3v) is 3.56. The van der Waals surface area contributed by atoms with Gasteiger partial charge in [0.2, 0.25) is 0 Å². The number of carbonyl (C=O) groups is 1. The average molecular weight is 340 g/mol. The standard InChI is InChI=1S/C15H12BrF2NO/c1-8-3-4-10(6-12(8)17)15(20)19-14-7-13(18)11(16)5-9(14)2/h3-7H,1-2H3,(H,19,20). The molecule has 0 saturated heterocycles. The van der Waals surface area contributed by atoms with Crippen LogP contribution in [0.25, 0.3) is 0 Å². The monoisotopic (exact) mass is 339 g/mol. The van der Waals surface area contributed by atoms with E-state index in [1.165, 1.54) is 18.2 Å². The molecule has 1 N–H and O–H groups in total. The fraction of sp³-hybridized carbons (Fsp3) is 0.133. The van der Waals surface area contributed by atoms with Crippen LogP contribution in [0.4, 0.5) is 14.5 Å². The van der Waals surface area contributed by atoms with Gasteiger partial charge >= 0.3 is 0 Å². The summed E-state index contributed by atoms with van der Waals surface area (Å²) in [6, 6.07) is 7.01. The Labute approximate surface area is 123 Å². The molecule has 2 aromatic carbocycles. The molecule has 0 aliphatic rings. The first kappa shape index (κ1) is 14.7. The lowest BCUT2D eigenvalue weighted by Gasteiger charge is -2.10. The number of carbonyl (C=O) groups excluding carboxylic acids is 1. The third-order valence-electron chi connectivity index (χ3n) is 2.95. The van der Waals surface area contributed by atoms with Crippen LogP contribution in [0.1, 0.15) is 21.5 Å². The van der Waals surface area contributed by atoms with Gasteiger partial charge in [-0.1, -0.05) is 6.07 Å². The van der Waals surface area contributed by atoms with Crippen LogP contribution in [0.5, 0.6) is 0 Å². The molecule has 0 unspecified atom stereocenters. The highest BCUT2D eigenvalue weighted by molar-refractivity contribution is 9.10. The Morgan fingerprint density at radius 1 is 1.05 bits per heavy atom. The Kier molecular flexibility index (Phi) is 4.18. The van der Waals surface area contributed by atoms with Gasteiger partial charge in [0, 0.05) is 11.3 Å². The van der Waals surface area contributed by atoms with Crippen molar-refractivity contribution in [1.29, 1.82) is 0 Å². The lowest BCUT2D eigenvalue weighted by atomic mass is 10.1. The molecule has 0 spiro atoms. The summed E-state index contributed by atoms with van der Waals surface area (Å²) >= 11 is 3.07. The SMILES string of the molecule is Cc1ccc(C(=O)Nc2cc(F)c(Br)cc2C)cc1F. The lowest BCUT2D eigenvalue weighted by molar-refractivity contribution is 0.102. The minimum atomic E-state index is -0.478. The molecule has 0 heterocycles. The minimum absolute atomic E-state index is 0.191. The van der Waals surface area contributed by atoms with E-state index in [0.29, 0.717) is 21.3 Å². The molecule has 5 heteroatoms. The first-order chi connectivity index (χ1) is 9.38. The molecule has 2 rings (SSSR count). The molecular formula is C15H12BrF2NO. The van der Waals surface area contributed by atoms with Crippen molar-refractivity contribution in [2.75, 3.05) is 5.32 Å². The summed E-state index contributed by atoms with van der Waals surface area (Å²) in [5, 5.41) is 2.57. The Morgan fingerprint density at radius 3 is 2.40 bits per heavy atom. The number of hydrogen-bond donors (Lipinski definition) is 1. The number of hydrogen-bond acceptors (Lipinski definition) is 1. The number of amides is 1. The molecular weight excluding hydrogens is 328 g/mol. The van der Waals surface area contributed by atoms with Gasteiger partial charge in [0.25, 0.3) is 5.91 Å². The van der Waals surface area contributed by atoms with Crippen LogP contribution in [0, 0.1) is 25.5 Å². The molecule has 0 radical (unpaired) electrons. The summed E-state index contributed by atoms with van der Waals surface area (Å²) in [6.07, 6.45) is 0. The maximum atomic E-state index is 13.5. The van der Waals surface area contributed by atoms with Crippen LogP contribution < -0.4 is 5.32 Å². The molecule has 0 saturated carbocycles. The largest absolute Gasteiger partial charge is 0.322 e. The summed E-state index contributed by atoms with van der Waals surface area (Å²) in [5.41, 5.74) is 1.72. The molecule has 0 bridgehead atoms. The van der Waals surface area contributed by atoms with E-state index < -0.39 is 17.5 Å². The Hall–Kier alpha value is -1.75. The number of rotatable bonds is 2. The molecule has 0 aliphatic heterocycles. The van der Waals surface area contributed by atoms with Crippen LogP contribution in [0.2, 0.25) is 0 Å². The molecule has 0 aromatic heterocycles. The zero-order valence-corrected chi connectivity index (χ0v) is 12.5. The van der Waals surface area contributed by atoms with Crippen molar-refractivity contribution in [1.82, 2.24) is 0 Å². The third kappa shape index (κ3) is 3.04. The van der Waals surface area contributed by atoms with Gasteiger partial charge in [-0.3, -0.25) is 4.79 Å². The maximum absolute atomic E-state index is 13.5. The molecule has 20 heavy (non-hydrogen) atoms. The van der Waals surface area contributed by atoms with Gasteiger partial charge in [0.05, 0.1) is 4.47 Å². The zero-order chi connectivity index (χ0) is 14.9. The van der Waals surface area contributed by atoms with Crippen LogP contribution in [-0.4, -0.2) is 5.91 Å². The van der Waals surface area contributed by atoms with E-state index in [-0.39, 0.29) is 5.56 Å². The second-order valence-corrected chi connectivity index (χ2v) is 5.35. The van der Waals surface area contributed by atoms with Crippen molar-refractivity contribution in [2.24, 2.45) is 0 Å². The molecule has 2 nitrogen and oxygen atoms in total. The molecule has 0 aliphatic carbocycles. The second-order valence-electron chi connectivity index (χ2n) is 4.50. The van der Waals surface area contributed by atoms with E-state index >= 15 is 0 Å². The van der Waals surface area contributed by atoms with Gasteiger partial charge in [-0.25, -0.2) is 8.78 Å². The normalized spacial score (nSPS) is 10.4. The zero-order valence-electron chi connectivity index (χ0n) is 10.9. The Bertz CT molecular complexity index is 686. The van der Waals surface area contributed by atoms with Gasteiger partial charge < -0.3 is 5.32 Å². The number of anilines is 1. The second kappa shape index (κ2) is 5.71. The maximum Gasteiger partial charge on any atom is 0.255 e. The summed E-state index contributed by atoms with van der Waals surface area (Å²) in [6.45, 7) is 3.36. The predicted octanol–water partition coefficient (Wildman–Crippen LogP) is 4.60. The van der Waals surface area contributed by atoms with Gasteiger partial charge in [-0.2, -0.15) is 0 Å². The van der Waals surface area contributed by atoms with Crippen molar-refractivity contribution in [3.05, 3.63) is 63.1 Å². The highest BCUT2D eigenvalue weighted by Crippen LogP contribution is 2.24. The van der Waals surface area contributed by atoms with E-state index in [1.807, 2.05) is 0 Å². The highest BCUT2D eigenvalue weighted by Gasteiger charge is 2.11. The smallest absolute Gasteiger partial charge is 0.255 e. The lowest BCUT2D eigenvalue weighted by Crippen LogP contribution is -2.13. The van der Waals surface area contributed by atoms with Crippen molar-refractivity contribution in [3.63, 3.8) is 0 Å². The number of nitrogens with one attached hydrogen (secondary N) is 1. The minimum Gasteiger partial charge on any atom is -0.322 e. The molecule has 104 valence electrons. The van der Waals surface area contributed by atoms with Crippen LogP contribution >= 0.6 is 15.9 Å². The summed E-state index contributed by atoms with van der Waals surface area (Å²) in [5.74, 6) is -1.40. The van der Waals surface area contributed by atoms with E-state index in [1.54, 1.807) is 19.9 Å². The van der Waals surface area contributed by atoms with Crippen LogP contribution in [-0.2, 0) is 0 Å². The van der Waals surface area contributed by atoms with Gasteiger partial charge in [-0.15, -0.1) is 0 Å².